The van der Waals surface area contributed by atoms with Crippen LogP contribution in [0.3, 0.4) is 0 Å². The molecule has 1 aliphatic heterocycles. The highest BCUT2D eigenvalue weighted by Gasteiger charge is 2.21. The smallest absolute Gasteiger partial charge is 0.238 e. The maximum absolute atomic E-state index is 14.7. The Bertz CT molecular complexity index is 1270. The van der Waals surface area contributed by atoms with Gasteiger partial charge in [0.05, 0.1) is 5.69 Å². The van der Waals surface area contributed by atoms with Crippen molar-refractivity contribution in [3.05, 3.63) is 54.2 Å². The first-order valence-electron chi connectivity index (χ1n) is 11.4. The van der Waals surface area contributed by atoms with Crippen LogP contribution in [0.1, 0.15) is 37.3 Å². The molecule has 32 heavy (non-hydrogen) atoms. The highest BCUT2D eigenvalue weighted by molar-refractivity contribution is 5.80. The Morgan fingerprint density at radius 1 is 0.969 bits per heavy atom. The molecule has 2 fully saturated rings. The summed E-state index contributed by atoms with van der Waals surface area (Å²) < 4.78 is 17.0. The van der Waals surface area contributed by atoms with Crippen molar-refractivity contribution >= 4 is 34.0 Å². The van der Waals surface area contributed by atoms with Crippen molar-refractivity contribution in [1.29, 1.82) is 0 Å². The molecule has 0 aromatic carbocycles. The molecular formula is C24H26FN7. The Labute approximate surface area is 185 Å². The molecule has 0 radical (unpaired) electrons. The third kappa shape index (κ3) is 3.44. The number of fused-ring (bicyclic) bond motifs is 3. The van der Waals surface area contributed by atoms with Gasteiger partial charge in [-0.3, -0.25) is 4.40 Å². The molecule has 0 unspecified atom stereocenters. The number of pyridine rings is 2. The number of rotatable bonds is 4. The lowest BCUT2D eigenvalue weighted by Gasteiger charge is -2.29. The molecule has 1 saturated carbocycles. The molecule has 2 N–H and O–H groups in total. The zero-order valence-electron chi connectivity index (χ0n) is 17.9. The fraction of sp³-hybridized carbons (Fsp3) is 0.375. The van der Waals surface area contributed by atoms with E-state index in [-0.39, 0.29) is 0 Å². The highest BCUT2D eigenvalue weighted by Crippen LogP contribution is 2.36. The fourth-order valence-corrected chi connectivity index (χ4v) is 5.05. The maximum Gasteiger partial charge on any atom is 0.238 e. The third-order valence-electron chi connectivity index (χ3n) is 6.68. The van der Waals surface area contributed by atoms with E-state index in [1.165, 1.54) is 31.4 Å². The number of hydrogen-bond donors (Lipinski definition) is 2. The van der Waals surface area contributed by atoms with Crippen molar-refractivity contribution in [2.45, 2.75) is 31.6 Å². The van der Waals surface area contributed by atoms with Crippen LogP contribution in [-0.2, 0) is 0 Å². The third-order valence-corrected chi connectivity index (χ3v) is 6.68. The summed E-state index contributed by atoms with van der Waals surface area (Å²) in [7, 11) is 0. The molecule has 1 saturated heterocycles. The average Bonchev–Trinajstić information content (AvgIpc) is 3.50. The van der Waals surface area contributed by atoms with E-state index >= 15 is 0 Å². The van der Waals surface area contributed by atoms with Crippen LogP contribution >= 0.6 is 0 Å². The Kier molecular flexibility index (Phi) is 4.87. The van der Waals surface area contributed by atoms with Gasteiger partial charge < -0.3 is 15.5 Å². The van der Waals surface area contributed by atoms with E-state index in [4.69, 9.17) is 4.98 Å². The monoisotopic (exact) mass is 431 g/mol. The first-order valence-corrected chi connectivity index (χ1v) is 11.4. The van der Waals surface area contributed by atoms with Crippen molar-refractivity contribution in [3.8, 4) is 0 Å². The molecule has 8 heteroatoms. The molecule has 0 amide bonds. The van der Waals surface area contributed by atoms with Gasteiger partial charge >= 0.3 is 0 Å². The summed E-state index contributed by atoms with van der Waals surface area (Å²) in [6.45, 7) is 3.24. The van der Waals surface area contributed by atoms with E-state index in [9.17, 15) is 4.39 Å². The summed E-state index contributed by atoms with van der Waals surface area (Å²) in [6, 6.07) is 12.1. The van der Waals surface area contributed by atoms with Gasteiger partial charge in [-0.15, -0.1) is 0 Å². The minimum absolute atomic E-state index is 0.399. The second-order valence-corrected chi connectivity index (χ2v) is 8.67. The number of aromatic nitrogens is 4. The van der Waals surface area contributed by atoms with Crippen LogP contribution in [0.2, 0.25) is 0 Å². The van der Waals surface area contributed by atoms with Gasteiger partial charge in [-0.05, 0) is 55.2 Å². The first-order chi connectivity index (χ1) is 15.8. The van der Waals surface area contributed by atoms with Gasteiger partial charge in [-0.1, -0.05) is 12.8 Å². The average molecular weight is 432 g/mol. The van der Waals surface area contributed by atoms with Crippen LogP contribution in [0, 0.1) is 5.95 Å². The van der Waals surface area contributed by atoms with E-state index in [0.29, 0.717) is 23.4 Å². The van der Waals surface area contributed by atoms with E-state index in [2.05, 4.69) is 43.2 Å². The Morgan fingerprint density at radius 3 is 2.59 bits per heavy atom. The normalized spacial score (nSPS) is 17.5. The molecule has 4 aromatic rings. The lowest BCUT2D eigenvalue weighted by Crippen LogP contribution is -2.44. The number of nitrogens with zero attached hydrogens (tertiary/aromatic N) is 5. The highest BCUT2D eigenvalue weighted by atomic mass is 19.1. The SMILES string of the molecule is Fc1nc(Nc2ncc3ccc4ccc(C5CCCC5)n4c3n2)ccc1N1CCNCC1. The molecule has 164 valence electrons. The molecule has 7 nitrogen and oxygen atoms in total. The Morgan fingerprint density at radius 2 is 1.78 bits per heavy atom. The Balaban J connectivity index is 1.34. The Hall–Kier alpha value is -3.26. The van der Waals surface area contributed by atoms with Crippen LogP contribution in [0.5, 0.6) is 0 Å². The number of nitrogens with one attached hydrogen (secondary N) is 2. The van der Waals surface area contributed by atoms with Crippen molar-refractivity contribution in [3.63, 3.8) is 0 Å². The van der Waals surface area contributed by atoms with Gasteiger partial charge in [0.2, 0.25) is 11.9 Å². The predicted octanol–water partition coefficient (Wildman–Crippen LogP) is 4.23. The quantitative estimate of drug-likeness (QED) is 0.472. The van der Waals surface area contributed by atoms with Crippen LogP contribution in [-0.4, -0.2) is 45.5 Å². The van der Waals surface area contributed by atoms with Crippen molar-refractivity contribution in [2.24, 2.45) is 0 Å². The first kappa shape index (κ1) is 19.4. The van der Waals surface area contributed by atoms with Crippen LogP contribution in [0.4, 0.5) is 21.8 Å². The van der Waals surface area contributed by atoms with Gasteiger partial charge in [0.1, 0.15) is 11.5 Å². The summed E-state index contributed by atoms with van der Waals surface area (Å²) in [5, 5.41) is 7.35. The van der Waals surface area contributed by atoms with E-state index in [1.807, 2.05) is 17.2 Å². The molecule has 6 rings (SSSR count). The summed E-state index contributed by atoms with van der Waals surface area (Å²) in [6.07, 6.45) is 6.83. The molecule has 0 atom stereocenters. The summed E-state index contributed by atoms with van der Waals surface area (Å²) in [5.74, 6) is 0.908. The summed E-state index contributed by atoms with van der Waals surface area (Å²) in [4.78, 5) is 15.4. The fourth-order valence-electron chi connectivity index (χ4n) is 5.05. The topological polar surface area (TPSA) is 70.4 Å². The molecule has 2 aliphatic rings. The zero-order valence-corrected chi connectivity index (χ0v) is 17.9. The van der Waals surface area contributed by atoms with E-state index in [1.54, 1.807) is 12.1 Å². The molecule has 0 bridgehead atoms. The lowest BCUT2D eigenvalue weighted by atomic mass is 10.0. The molecule has 5 heterocycles. The number of hydrogen-bond acceptors (Lipinski definition) is 6. The standard InChI is InChI=1S/C24H26FN7/c25-22-20(31-13-11-26-12-14-31)9-10-21(28-22)29-24-27-15-17-5-6-18-7-8-19(16-3-1-2-4-16)32(18)23(17)30-24/h5-10,15-16,26H,1-4,11-14H2,(H,27,28,29,30). The number of anilines is 3. The van der Waals surface area contributed by atoms with Crippen molar-refractivity contribution in [1.82, 2.24) is 24.7 Å². The van der Waals surface area contributed by atoms with Crippen LogP contribution in [0.25, 0.3) is 16.6 Å². The van der Waals surface area contributed by atoms with Gasteiger partial charge in [-0.25, -0.2) is 9.97 Å². The zero-order chi connectivity index (χ0) is 21.5. The van der Waals surface area contributed by atoms with Crippen molar-refractivity contribution in [2.75, 3.05) is 36.4 Å². The minimum Gasteiger partial charge on any atom is -0.365 e. The largest absolute Gasteiger partial charge is 0.365 e. The van der Waals surface area contributed by atoms with Crippen molar-refractivity contribution < 1.29 is 4.39 Å². The minimum atomic E-state index is -0.478. The molecular weight excluding hydrogens is 405 g/mol. The molecule has 1 aliphatic carbocycles. The van der Waals surface area contributed by atoms with Gasteiger partial charge in [0.25, 0.3) is 0 Å². The summed E-state index contributed by atoms with van der Waals surface area (Å²) >= 11 is 0. The summed E-state index contributed by atoms with van der Waals surface area (Å²) in [5.41, 5.74) is 3.85. The second kappa shape index (κ2) is 8.02. The number of halogens is 1. The molecule has 0 spiro atoms. The lowest BCUT2D eigenvalue weighted by molar-refractivity contribution is 0.549. The molecule has 4 aromatic heterocycles. The van der Waals surface area contributed by atoms with Gasteiger partial charge in [0, 0.05) is 49.0 Å². The second-order valence-electron chi connectivity index (χ2n) is 8.67. The maximum atomic E-state index is 14.7. The van der Waals surface area contributed by atoms with Crippen LogP contribution in [0.15, 0.2) is 42.6 Å². The number of piperazine rings is 1. The predicted molar refractivity (Wildman–Crippen MR) is 124 cm³/mol. The van der Waals surface area contributed by atoms with E-state index in [0.717, 1.165) is 42.7 Å². The van der Waals surface area contributed by atoms with Gasteiger partial charge in [0.15, 0.2) is 0 Å². The van der Waals surface area contributed by atoms with Gasteiger partial charge in [-0.2, -0.15) is 9.37 Å². The van der Waals surface area contributed by atoms with E-state index < -0.39 is 5.95 Å². The van der Waals surface area contributed by atoms with Crippen LogP contribution < -0.4 is 15.5 Å².